The molecule has 7 nitrogen and oxygen atoms in total. The standard InChI is InChI=1S/C21H29N3O4S/c1-4-26-16-12-15(13-17(27-5-2)18(16)28-6-3)19(25)22-21-24-23-20(29-21)14-10-8-7-9-11-14/h12-14H,4-11H2,1-3H3,(H,22,24,25). The van der Waals surface area contributed by atoms with Crippen LogP contribution in [0.5, 0.6) is 17.2 Å². The summed E-state index contributed by atoms with van der Waals surface area (Å²) >= 11 is 1.46. The van der Waals surface area contributed by atoms with Crippen molar-refractivity contribution in [2.75, 3.05) is 25.1 Å². The van der Waals surface area contributed by atoms with Gasteiger partial charge in [-0.2, -0.15) is 0 Å². The first-order chi connectivity index (χ1) is 14.2. The van der Waals surface area contributed by atoms with E-state index in [1.54, 1.807) is 12.1 Å². The van der Waals surface area contributed by atoms with Crippen molar-refractivity contribution in [2.45, 2.75) is 58.8 Å². The molecule has 0 atom stereocenters. The number of nitrogens with one attached hydrogen (secondary N) is 1. The van der Waals surface area contributed by atoms with Gasteiger partial charge in [0.15, 0.2) is 11.5 Å². The van der Waals surface area contributed by atoms with Crippen LogP contribution in [0.4, 0.5) is 5.13 Å². The predicted molar refractivity (Wildman–Crippen MR) is 114 cm³/mol. The number of aromatic nitrogens is 2. The van der Waals surface area contributed by atoms with Crippen molar-refractivity contribution in [3.8, 4) is 17.2 Å². The number of amides is 1. The lowest BCUT2D eigenvalue weighted by atomic mass is 9.90. The van der Waals surface area contributed by atoms with Crippen LogP contribution in [-0.4, -0.2) is 35.9 Å². The summed E-state index contributed by atoms with van der Waals surface area (Å²) in [7, 11) is 0. The lowest BCUT2D eigenvalue weighted by molar-refractivity contribution is 0.102. The maximum absolute atomic E-state index is 12.9. The van der Waals surface area contributed by atoms with Crippen molar-refractivity contribution in [2.24, 2.45) is 0 Å². The van der Waals surface area contributed by atoms with E-state index in [4.69, 9.17) is 14.2 Å². The highest BCUT2D eigenvalue weighted by Gasteiger charge is 2.22. The third-order valence-electron chi connectivity index (χ3n) is 4.79. The Morgan fingerprint density at radius 2 is 1.62 bits per heavy atom. The van der Waals surface area contributed by atoms with Crippen LogP contribution in [0.15, 0.2) is 12.1 Å². The molecule has 1 heterocycles. The van der Waals surface area contributed by atoms with E-state index >= 15 is 0 Å². The van der Waals surface area contributed by atoms with Crippen molar-refractivity contribution < 1.29 is 19.0 Å². The van der Waals surface area contributed by atoms with Gasteiger partial charge in [0.25, 0.3) is 5.91 Å². The van der Waals surface area contributed by atoms with Crippen LogP contribution in [0.25, 0.3) is 0 Å². The Bertz CT molecular complexity index is 791. The number of hydrogen-bond donors (Lipinski definition) is 1. The van der Waals surface area contributed by atoms with E-state index in [9.17, 15) is 4.79 Å². The second-order valence-electron chi connectivity index (χ2n) is 6.84. The quantitative estimate of drug-likeness (QED) is 0.613. The van der Waals surface area contributed by atoms with Crippen molar-refractivity contribution in [3.63, 3.8) is 0 Å². The molecular formula is C21H29N3O4S. The summed E-state index contributed by atoms with van der Waals surface area (Å²) < 4.78 is 17.1. The molecule has 1 aromatic heterocycles. The molecule has 0 bridgehead atoms. The van der Waals surface area contributed by atoms with E-state index < -0.39 is 0 Å². The monoisotopic (exact) mass is 419 g/mol. The minimum Gasteiger partial charge on any atom is -0.490 e. The Balaban J connectivity index is 1.80. The minimum absolute atomic E-state index is 0.277. The summed E-state index contributed by atoms with van der Waals surface area (Å²) in [5.41, 5.74) is 0.426. The maximum atomic E-state index is 12.9. The zero-order valence-electron chi connectivity index (χ0n) is 17.3. The van der Waals surface area contributed by atoms with Gasteiger partial charge < -0.3 is 14.2 Å². The lowest BCUT2D eigenvalue weighted by Crippen LogP contribution is -2.13. The van der Waals surface area contributed by atoms with E-state index in [2.05, 4.69) is 15.5 Å². The molecule has 158 valence electrons. The van der Waals surface area contributed by atoms with Crippen molar-refractivity contribution in [1.29, 1.82) is 0 Å². The van der Waals surface area contributed by atoms with Crippen molar-refractivity contribution >= 4 is 22.4 Å². The fourth-order valence-corrected chi connectivity index (χ4v) is 4.40. The Morgan fingerprint density at radius 1 is 1.00 bits per heavy atom. The molecule has 0 radical (unpaired) electrons. The number of nitrogens with zero attached hydrogens (tertiary/aromatic N) is 2. The second-order valence-corrected chi connectivity index (χ2v) is 7.84. The molecule has 1 N–H and O–H groups in total. The molecule has 0 saturated heterocycles. The number of hydrogen-bond acceptors (Lipinski definition) is 7. The van der Waals surface area contributed by atoms with Crippen LogP contribution in [0, 0.1) is 0 Å². The molecule has 1 fully saturated rings. The van der Waals surface area contributed by atoms with Gasteiger partial charge in [0.05, 0.1) is 19.8 Å². The van der Waals surface area contributed by atoms with Crippen LogP contribution in [0.2, 0.25) is 0 Å². The molecule has 1 aliphatic rings. The number of rotatable bonds is 9. The summed E-state index contributed by atoms with van der Waals surface area (Å²) in [5.74, 6) is 1.69. The zero-order chi connectivity index (χ0) is 20.6. The minimum atomic E-state index is -0.277. The average Bonchev–Trinajstić information content (AvgIpc) is 3.19. The predicted octanol–water partition coefficient (Wildman–Crippen LogP) is 5.03. The first-order valence-electron chi connectivity index (χ1n) is 10.4. The Labute approximate surface area is 175 Å². The second kappa shape index (κ2) is 10.4. The molecule has 1 aromatic carbocycles. The first kappa shape index (κ1) is 21.4. The zero-order valence-corrected chi connectivity index (χ0v) is 18.1. The van der Waals surface area contributed by atoms with Gasteiger partial charge in [-0.25, -0.2) is 0 Å². The van der Waals surface area contributed by atoms with E-state index in [1.807, 2.05) is 20.8 Å². The highest BCUT2D eigenvalue weighted by atomic mass is 32.1. The first-order valence-corrected chi connectivity index (χ1v) is 11.2. The number of carbonyl (C=O) groups is 1. The van der Waals surface area contributed by atoms with Crippen LogP contribution >= 0.6 is 11.3 Å². The number of carbonyl (C=O) groups excluding carboxylic acids is 1. The number of ether oxygens (including phenoxy) is 3. The molecule has 0 aliphatic heterocycles. The fraction of sp³-hybridized carbons (Fsp3) is 0.571. The molecule has 1 amide bonds. The summed E-state index contributed by atoms with van der Waals surface area (Å²) in [6.07, 6.45) is 6.06. The summed E-state index contributed by atoms with van der Waals surface area (Å²) in [5, 5.41) is 12.9. The molecule has 1 aliphatic carbocycles. The van der Waals surface area contributed by atoms with Gasteiger partial charge in [-0.1, -0.05) is 30.6 Å². The van der Waals surface area contributed by atoms with Gasteiger partial charge in [-0.3, -0.25) is 10.1 Å². The molecule has 2 aromatic rings. The number of anilines is 1. The van der Waals surface area contributed by atoms with Gasteiger partial charge in [0.1, 0.15) is 5.01 Å². The third-order valence-corrected chi connectivity index (χ3v) is 5.79. The molecule has 3 rings (SSSR count). The van der Waals surface area contributed by atoms with Gasteiger partial charge in [0, 0.05) is 11.5 Å². The average molecular weight is 420 g/mol. The normalized spacial score (nSPS) is 14.4. The van der Waals surface area contributed by atoms with Gasteiger partial charge in [0.2, 0.25) is 10.9 Å². The Kier molecular flexibility index (Phi) is 7.69. The van der Waals surface area contributed by atoms with Crippen LogP contribution in [0.3, 0.4) is 0 Å². The summed E-state index contributed by atoms with van der Waals surface area (Å²) in [6.45, 7) is 7.05. The third kappa shape index (κ3) is 5.38. The fourth-order valence-electron chi connectivity index (χ4n) is 3.49. The van der Waals surface area contributed by atoms with Crippen LogP contribution < -0.4 is 19.5 Å². The van der Waals surface area contributed by atoms with E-state index in [0.29, 0.717) is 53.7 Å². The SMILES string of the molecule is CCOc1cc(C(=O)Nc2nnc(C3CCCCC3)s2)cc(OCC)c1OCC. The lowest BCUT2D eigenvalue weighted by Gasteiger charge is -2.18. The molecule has 29 heavy (non-hydrogen) atoms. The van der Waals surface area contributed by atoms with Crippen LogP contribution in [-0.2, 0) is 0 Å². The van der Waals surface area contributed by atoms with Gasteiger partial charge >= 0.3 is 0 Å². The largest absolute Gasteiger partial charge is 0.490 e. The van der Waals surface area contributed by atoms with Gasteiger partial charge in [-0.05, 0) is 45.7 Å². The molecule has 0 spiro atoms. The highest BCUT2D eigenvalue weighted by Crippen LogP contribution is 2.40. The molecule has 1 saturated carbocycles. The Hall–Kier alpha value is -2.35. The summed E-state index contributed by atoms with van der Waals surface area (Å²) in [6, 6.07) is 3.35. The topological polar surface area (TPSA) is 82.6 Å². The molecule has 8 heteroatoms. The van der Waals surface area contributed by atoms with Gasteiger partial charge in [-0.15, -0.1) is 10.2 Å². The van der Waals surface area contributed by atoms with Crippen LogP contribution in [0.1, 0.15) is 74.2 Å². The maximum Gasteiger partial charge on any atom is 0.257 e. The highest BCUT2D eigenvalue weighted by molar-refractivity contribution is 7.15. The summed E-state index contributed by atoms with van der Waals surface area (Å²) in [4.78, 5) is 12.9. The molecule has 0 unspecified atom stereocenters. The Morgan fingerprint density at radius 3 is 2.21 bits per heavy atom. The van der Waals surface area contributed by atoms with Crippen molar-refractivity contribution in [3.05, 3.63) is 22.7 Å². The smallest absolute Gasteiger partial charge is 0.257 e. The van der Waals surface area contributed by atoms with E-state index in [-0.39, 0.29) is 5.91 Å². The van der Waals surface area contributed by atoms with E-state index in [1.165, 1.54) is 30.6 Å². The van der Waals surface area contributed by atoms with E-state index in [0.717, 1.165) is 17.8 Å². The van der Waals surface area contributed by atoms with Crippen molar-refractivity contribution in [1.82, 2.24) is 10.2 Å². The molecular weight excluding hydrogens is 390 g/mol. The number of benzene rings is 1.